The predicted octanol–water partition coefficient (Wildman–Crippen LogP) is 6.61. The zero-order valence-electron chi connectivity index (χ0n) is 25.9. The van der Waals surface area contributed by atoms with Gasteiger partial charge < -0.3 is 24.4 Å². The molecule has 0 aromatic heterocycles. The smallest absolute Gasteiger partial charge is 0.335 e. The molecule has 2 unspecified atom stereocenters. The van der Waals surface area contributed by atoms with E-state index in [0.29, 0.717) is 11.8 Å². The molecule has 1 aromatic rings. The molecule has 0 spiro atoms. The van der Waals surface area contributed by atoms with Gasteiger partial charge in [0.15, 0.2) is 0 Å². The summed E-state index contributed by atoms with van der Waals surface area (Å²) in [6.07, 6.45) is 14.6. The number of hydrogen-bond acceptors (Lipinski definition) is 7. The lowest BCUT2D eigenvalue weighted by atomic mass is 9.74. The summed E-state index contributed by atoms with van der Waals surface area (Å²) in [4.78, 5) is 24.2. The summed E-state index contributed by atoms with van der Waals surface area (Å²) in [5.74, 6) is 1.38. The molecule has 7 nitrogen and oxygen atoms in total. The van der Waals surface area contributed by atoms with Crippen molar-refractivity contribution in [2.24, 2.45) is 29.6 Å². The van der Waals surface area contributed by atoms with Gasteiger partial charge in [-0.2, -0.15) is 0 Å². The first kappa shape index (κ1) is 34.1. The fraction of sp³-hybridized carbons (Fsp3) is 0.714. The second-order valence-electron chi connectivity index (χ2n) is 12.7. The number of carbonyl (C=O) groups is 2. The maximum Gasteiger partial charge on any atom is 0.335 e. The van der Waals surface area contributed by atoms with E-state index < -0.39 is 24.5 Å². The lowest BCUT2D eigenvalue weighted by molar-refractivity contribution is -0.153. The van der Waals surface area contributed by atoms with Gasteiger partial charge in [0, 0.05) is 5.92 Å². The van der Waals surface area contributed by atoms with Crippen LogP contribution in [0.2, 0.25) is 0 Å². The summed E-state index contributed by atoms with van der Waals surface area (Å²) in [5.41, 5.74) is 1.32. The third-order valence-corrected chi connectivity index (χ3v) is 9.48. The maximum atomic E-state index is 12.2. The highest BCUT2D eigenvalue weighted by atomic mass is 16.5. The van der Waals surface area contributed by atoms with Crippen LogP contribution in [0.4, 0.5) is 0 Å². The standard InChI is InChI=1S/C35H54O7/c1-4-5-6-7-27-8-10-28(11-9-27)22-40-33-18-16-30(17-19-33)29-12-14-31(15-13-29)32(23-41-34(38)25(2)20-36)24-42-35(39)26(3)21-37/h16-19,26-29,31-32,36-37H,2,4-15,20-24H2,1,3H3. The van der Waals surface area contributed by atoms with Gasteiger partial charge in [-0.15, -0.1) is 0 Å². The molecular formula is C35H54O7. The highest BCUT2D eigenvalue weighted by Crippen LogP contribution is 2.40. The molecule has 42 heavy (non-hydrogen) atoms. The Morgan fingerprint density at radius 2 is 1.55 bits per heavy atom. The molecule has 0 radical (unpaired) electrons. The van der Waals surface area contributed by atoms with Crippen molar-refractivity contribution >= 4 is 11.9 Å². The van der Waals surface area contributed by atoms with Gasteiger partial charge >= 0.3 is 11.9 Å². The van der Waals surface area contributed by atoms with E-state index in [1.165, 1.54) is 56.9 Å². The van der Waals surface area contributed by atoms with Crippen LogP contribution < -0.4 is 4.74 Å². The fourth-order valence-corrected chi connectivity index (χ4v) is 6.42. The van der Waals surface area contributed by atoms with Gasteiger partial charge in [0.25, 0.3) is 0 Å². The summed E-state index contributed by atoms with van der Waals surface area (Å²) in [5, 5.41) is 18.4. The van der Waals surface area contributed by atoms with E-state index in [1.54, 1.807) is 6.92 Å². The fourth-order valence-electron chi connectivity index (χ4n) is 6.42. The summed E-state index contributed by atoms with van der Waals surface area (Å²) in [6.45, 7) is 7.72. The summed E-state index contributed by atoms with van der Waals surface area (Å²) in [6, 6.07) is 8.61. The van der Waals surface area contributed by atoms with Crippen molar-refractivity contribution in [3.8, 4) is 5.75 Å². The monoisotopic (exact) mass is 586 g/mol. The Balaban J connectivity index is 1.45. The van der Waals surface area contributed by atoms with E-state index in [4.69, 9.17) is 19.3 Å². The van der Waals surface area contributed by atoms with Crippen molar-refractivity contribution in [3.63, 3.8) is 0 Å². The molecule has 0 aliphatic heterocycles. The molecule has 0 saturated heterocycles. The average molecular weight is 587 g/mol. The van der Waals surface area contributed by atoms with Crippen LogP contribution in [0.5, 0.6) is 5.75 Å². The molecule has 2 N–H and O–H groups in total. The van der Waals surface area contributed by atoms with Gasteiger partial charge in [-0.3, -0.25) is 4.79 Å². The predicted molar refractivity (Wildman–Crippen MR) is 164 cm³/mol. The zero-order chi connectivity index (χ0) is 30.3. The minimum Gasteiger partial charge on any atom is -0.493 e. The SMILES string of the molecule is C=C(CO)C(=O)OCC(COC(=O)C(C)CO)C1CCC(c2ccc(OCC3CCC(CCCCC)CC3)cc2)CC1. The second kappa shape index (κ2) is 18.3. The first-order valence-corrected chi connectivity index (χ1v) is 16.3. The van der Waals surface area contributed by atoms with Crippen LogP contribution in [0.15, 0.2) is 36.4 Å². The van der Waals surface area contributed by atoms with Crippen LogP contribution in [-0.4, -0.2) is 55.2 Å². The van der Waals surface area contributed by atoms with Gasteiger partial charge in [-0.1, -0.05) is 64.2 Å². The highest BCUT2D eigenvalue weighted by Gasteiger charge is 2.31. The van der Waals surface area contributed by atoms with E-state index in [1.807, 2.05) is 0 Å². The molecular weight excluding hydrogens is 532 g/mol. The van der Waals surface area contributed by atoms with Crippen LogP contribution in [0.1, 0.15) is 102 Å². The lowest BCUT2D eigenvalue weighted by Crippen LogP contribution is -2.31. The molecule has 1 aromatic carbocycles. The zero-order valence-corrected chi connectivity index (χ0v) is 25.9. The number of aliphatic hydroxyl groups excluding tert-OH is 2. The number of rotatable bonds is 17. The summed E-state index contributed by atoms with van der Waals surface area (Å²) < 4.78 is 17.1. The topological polar surface area (TPSA) is 102 Å². The molecule has 7 heteroatoms. The molecule has 0 amide bonds. The molecule has 2 saturated carbocycles. The lowest BCUT2D eigenvalue weighted by Gasteiger charge is -2.34. The van der Waals surface area contributed by atoms with E-state index >= 15 is 0 Å². The van der Waals surface area contributed by atoms with Crippen molar-refractivity contribution in [1.29, 1.82) is 0 Å². The van der Waals surface area contributed by atoms with Crippen molar-refractivity contribution in [2.45, 2.75) is 96.8 Å². The van der Waals surface area contributed by atoms with Gasteiger partial charge in [0.05, 0.1) is 44.5 Å². The Bertz CT molecular complexity index is 943. The van der Waals surface area contributed by atoms with Gasteiger partial charge in [0.1, 0.15) is 5.75 Å². The van der Waals surface area contributed by atoms with E-state index in [0.717, 1.165) is 44.0 Å². The van der Waals surface area contributed by atoms with E-state index in [2.05, 4.69) is 37.8 Å². The van der Waals surface area contributed by atoms with Crippen molar-refractivity contribution in [2.75, 3.05) is 33.0 Å². The minimum atomic E-state index is -0.636. The number of carbonyl (C=O) groups excluding carboxylic acids is 2. The number of benzene rings is 1. The molecule has 2 aliphatic carbocycles. The molecule has 236 valence electrons. The maximum absolute atomic E-state index is 12.2. The first-order chi connectivity index (χ1) is 20.3. The van der Waals surface area contributed by atoms with Crippen LogP contribution in [-0.2, 0) is 19.1 Å². The van der Waals surface area contributed by atoms with Crippen LogP contribution in [0.25, 0.3) is 0 Å². The van der Waals surface area contributed by atoms with E-state index in [9.17, 15) is 14.7 Å². The minimum absolute atomic E-state index is 0.000895. The number of ether oxygens (including phenoxy) is 3. The van der Waals surface area contributed by atoms with Crippen molar-refractivity contribution in [1.82, 2.24) is 0 Å². The summed E-state index contributed by atoms with van der Waals surface area (Å²) >= 11 is 0. The Morgan fingerprint density at radius 1 is 0.905 bits per heavy atom. The van der Waals surface area contributed by atoms with Crippen LogP contribution in [0, 0.1) is 29.6 Å². The molecule has 3 rings (SSSR count). The summed E-state index contributed by atoms with van der Waals surface area (Å²) in [7, 11) is 0. The third-order valence-electron chi connectivity index (χ3n) is 9.48. The number of aliphatic hydroxyl groups is 2. The normalized spacial score (nSPS) is 23.9. The molecule has 0 bridgehead atoms. The van der Waals surface area contributed by atoms with Crippen LogP contribution >= 0.6 is 0 Å². The number of unbranched alkanes of at least 4 members (excludes halogenated alkanes) is 2. The van der Waals surface area contributed by atoms with Gasteiger partial charge in [-0.05, 0) is 86.8 Å². The molecule has 2 aliphatic rings. The first-order valence-electron chi connectivity index (χ1n) is 16.3. The Hall–Kier alpha value is -2.38. The van der Waals surface area contributed by atoms with E-state index in [-0.39, 0.29) is 37.2 Å². The Kier molecular flexibility index (Phi) is 14.9. The Labute approximate surface area is 253 Å². The van der Waals surface area contributed by atoms with Gasteiger partial charge in [-0.25, -0.2) is 4.79 Å². The largest absolute Gasteiger partial charge is 0.493 e. The van der Waals surface area contributed by atoms with Crippen molar-refractivity contribution in [3.05, 3.63) is 42.0 Å². The highest BCUT2D eigenvalue weighted by molar-refractivity contribution is 5.87. The Morgan fingerprint density at radius 3 is 2.17 bits per heavy atom. The third kappa shape index (κ3) is 11.0. The second-order valence-corrected chi connectivity index (χ2v) is 12.7. The molecule has 0 heterocycles. The number of hydrogen-bond donors (Lipinski definition) is 2. The van der Waals surface area contributed by atoms with Gasteiger partial charge in [0.2, 0.25) is 0 Å². The number of esters is 2. The quantitative estimate of drug-likeness (QED) is 0.120. The van der Waals surface area contributed by atoms with Crippen LogP contribution in [0.3, 0.4) is 0 Å². The average Bonchev–Trinajstić information content (AvgIpc) is 3.03. The van der Waals surface area contributed by atoms with Crippen molar-refractivity contribution < 1.29 is 34.0 Å². The molecule has 2 atom stereocenters. The molecule has 2 fully saturated rings.